The third-order valence-electron chi connectivity index (χ3n) is 2.74. The van der Waals surface area contributed by atoms with Crippen LogP contribution in [0, 0.1) is 11.7 Å². The molecule has 1 amide bonds. The lowest BCUT2D eigenvalue weighted by atomic mass is 10.1. The quantitative estimate of drug-likeness (QED) is 0.844. The summed E-state index contributed by atoms with van der Waals surface area (Å²) in [5.74, 6) is -0.907. The van der Waals surface area contributed by atoms with E-state index in [0.29, 0.717) is 12.2 Å². The molecule has 1 heterocycles. The first-order chi connectivity index (χ1) is 8.02. The molecule has 1 atom stereocenters. The van der Waals surface area contributed by atoms with Gasteiger partial charge in [-0.2, -0.15) is 0 Å². The smallest absolute Gasteiger partial charge is 0.227 e. The van der Waals surface area contributed by atoms with Gasteiger partial charge in [0.15, 0.2) is 5.82 Å². The van der Waals surface area contributed by atoms with Crippen molar-refractivity contribution in [3.8, 4) is 0 Å². The number of benzene rings is 1. The Bertz CT molecular complexity index is 444. The van der Waals surface area contributed by atoms with Crippen LogP contribution in [0.3, 0.4) is 0 Å². The fraction of sp³-hybridized carbons (Fsp3) is 0.364. The predicted octanol–water partition coefficient (Wildman–Crippen LogP) is 2.48. The second-order valence-corrected chi connectivity index (χ2v) is 4.79. The molecule has 6 heteroatoms. The van der Waals surface area contributed by atoms with Crippen molar-refractivity contribution in [2.24, 2.45) is 5.92 Å². The van der Waals surface area contributed by atoms with Gasteiger partial charge in [0.1, 0.15) is 0 Å². The van der Waals surface area contributed by atoms with Crippen molar-refractivity contribution in [1.29, 1.82) is 0 Å². The van der Waals surface area contributed by atoms with Crippen molar-refractivity contribution in [2.75, 3.05) is 18.1 Å². The first kappa shape index (κ1) is 12.6. The Hall–Kier alpha value is -0.840. The minimum absolute atomic E-state index is 0.0507. The number of hydrogen-bond acceptors (Lipinski definition) is 2. The van der Waals surface area contributed by atoms with Gasteiger partial charge in [-0.3, -0.25) is 4.79 Å². The average Bonchev–Trinajstić information content (AvgIpc) is 2.67. The van der Waals surface area contributed by atoms with Crippen LogP contribution in [0.2, 0.25) is 10.0 Å². The van der Waals surface area contributed by atoms with Crippen molar-refractivity contribution in [3.05, 3.63) is 28.0 Å². The van der Waals surface area contributed by atoms with Gasteiger partial charge in [0.2, 0.25) is 5.91 Å². The van der Waals surface area contributed by atoms with Crippen molar-refractivity contribution >= 4 is 34.8 Å². The summed E-state index contributed by atoms with van der Waals surface area (Å²) in [5, 5.41) is 8.78. The normalized spacial score (nSPS) is 20.1. The van der Waals surface area contributed by atoms with Crippen LogP contribution < -0.4 is 4.90 Å². The maximum Gasteiger partial charge on any atom is 0.227 e. The standard InChI is InChI=1S/C11H10Cl2FNO2/c12-8-2-7(3-9(13)11(8)14)15-4-6(5-16)1-10(15)17/h2-3,6,16H,1,4-5H2. The number of rotatable bonds is 2. The molecule has 17 heavy (non-hydrogen) atoms. The molecule has 1 aromatic carbocycles. The number of amides is 1. The van der Waals surface area contributed by atoms with Gasteiger partial charge in [0, 0.05) is 31.2 Å². The molecule has 1 aliphatic rings. The van der Waals surface area contributed by atoms with Crippen LogP contribution >= 0.6 is 23.2 Å². The minimum atomic E-state index is -0.692. The van der Waals surface area contributed by atoms with E-state index < -0.39 is 5.82 Å². The van der Waals surface area contributed by atoms with Gasteiger partial charge in [0.25, 0.3) is 0 Å². The lowest BCUT2D eigenvalue weighted by molar-refractivity contribution is -0.117. The minimum Gasteiger partial charge on any atom is -0.396 e. The van der Waals surface area contributed by atoms with E-state index >= 15 is 0 Å². The zero-order valence-electron chi connectivity index (χ0n) is 8.79. The topological polar surface area (TPSA) is 40.5 Å². The van der Waals surface area contributed by atoms with Crippen LogP contribution in [-0.4, -0.2) is 24.2 Å². The van der Waals surface area contributed by atoms with E-state index in [1.54, 1.807) is 0 Å². The summed E-state index contributed by atoms with van der Waals surface area (Å²) in [6, 6.07) is 2.72. The van der Waals surface area contributed by atoms with Gasteiger partial charge in [-0.1, -0.05) is 23.2 Å². The highest BCUT2D eigenvalue weighted by atomic mass is 35.5. The number of anilines is 1. The van der Waals surface area contributed by atoms with E-state index in [4.69, 9.17) is 28.3 Å². The van der Waals surface area contributed by atoms with Gasteiger partial charge < -0.3 is 10.0 Å². The average molecular weight is 278 g/mol. The molecule has 2 rings (SSSR count). The van der Waals surface area contributed by atoms with Crippen LogP contribution in [0.25, 0.3) is 0 Å². The molecule has 0 bridgehead atoms. The molecule has 0 radical (unpaired) electrons. The second kappa shape index (κ2) is 4.80. The molecule has 92 valence electrons. The molecule has 1 fully saturated rings. The molecule has 3 nitrogen and oxygen atoms in total. The molecule has 0 spiro atoms. The summed E-state index contributed by atoms with van der Waals surface area (Å²) in [5.41, 5.74) is 0.461. The van der Waals surface area contributed by atoms with Crippen LogP contribution in [0.1, 0.15) is 6.42 Å². The van der Waals surface area contributed by atoms with E-state index in [1.165, 1.54) is 17.0 Å². The Morgan fingerprint density at radius 1 is 1.41 bits per heavy atom. The fourth-order valence-electron chi connectivity index (χ4n) is 1.85. The summed E-state index contributed by atoms with van der Waals surface area (Å²) >= 11 is 11.3. The van der Waals surface area contributed by atoms with Crippen LogP contribution in [-0.2, 0) is 4.79 Å². The lowest BCUT2D eigenvalue weighted by Gasteiger charge is -2.17. The molecule has 1 aliphatic heterocycles. The number of aliphatic hydroxyl groups is 1. The monoisotopic (exact) mass is 277 g/mol. The third-order valence-corrected chi connectivity index (χ3v) is 3.29. The Balaban J connectivity index is 2.32. The summed E-state index contributed by atoms with van der Waals surface area (Å²) in [7, 11) is 0. The van der Waals surface area contributed by atoms with E-state index in [2.05, 4.69) is 0 Å². The lowest BCUT2D eigenvalue weighted by Crippen LogP contribution is -2.24. The summed E-state index contributed by atoms with van der Waals surface area (Å²) in [4.78, 5) is 13.1. The fourth-order valence-corrected chi connectivity index (χ4v) is 2.33. The Kier molecular flexibility index (Phi) is 3.56. The van der Waals surface area contributed by atoms with Crippen LogP contribution in [0.15, 0.2) is 12.1 Å². The van der Waals surface area contributed by atoms with Gasteiger partial charge in [-0.15, -0.1) is 0 Å². The number of aliphatic hydroxyl groups excluding tert-OH is 1. The molecule has 0 aliphatic carbocycles. The first-order valence-electron chi connectivity index (χ1n) is 5.08. The Morgan fingerprint density at radius 2 is 2.00 bits per heavy atom. The molecule has 0 aromatic heterocycles. The molecule has 0 saturated carbocycles. The Labute approximate surface area is 108 Å². The van der Waals surface area contributed by atoms with Gasteiger partial charge >= 0.3 is 0 Å². The molecular weight excluding hydrogens is 268 g/mol. The first-order valence-corrected chi connectivity index (χ1v) is 5.84. The van der Waals surface area contributed by atoms with E-state index in [1.807, 2.05) is 0 Å². The highest BCUT2D eigenvalue weighted by molar-refractivity contribution is 6.35. The van der Waals surface area contributed by atoms with Crippen molar-refractivity contribution in [2.45, 2.75) is 6.42 Å². The summed E-state index contributed by atoms with van der Waals surface area (Å²) in [6.45, 7) is 0.346. The van der Waals surface area contributed by atoms with Crippen LogP contribution in [0.4, 0.5) is 10.1 Å². The maximum absolute atomic E-state index is 13.2. The number of hydrogen-bond donors (Lipinski definition) is 1. The highest BCUT2D eigenvalue weighted by Gasteiger charge is 2.30. The third kappa shape index (κ3) is 2.39. The second-order valence-electron chi connectivity index (χ2n) is 3.98. The summed E-state index contributed by atoms with van der Waals surface area (Å²) < 4.78 is 13.2. The maximum atomic E-state index is 13.2. The zero-order valence-corrected chi connectivity index (χ0v) is 10.3. The van der Waals surface area contributed by atoms with E-state index in [9.17, 15) is 9.18 Å². The van der Waals surface area contributed by atoms with Gasteiger partial charge in [-0.05, 0) is 12.1 Å². The molecule has 1 N–H and O–H groups in total. The molecule has 1 saturated heterocycles. The number of nitrogens with zero attached hydrogens (tertiary/aromatic N) is 1. The van der Waals surface area contributed by atoms with E-state index in [0.717, 1.165) is 0 Å². The largest absolute Gasteiger partial charge is 0.396 e. The molecular formula is C11H10Cl2FNO2. The van der Waals surface area contributed by atoms with Crippen molar-refractivity contribution in [1.82, 2.24) is 0 Å². The molecule has 1 unspecified atom stereocenters. The number of carbonyl (C=O) groups is 1. The molecule has 1 aromatic rings. The van der Waals surface area contributed by atoms with E-state index in [-0.39, 0.29) is 34.9 Å². The predicted molar refractivity (Wildman–Crippen MR) is 64.0 cm³/mol. The number of carbonyl (C=O) groups excluding carboxylic acids is 1. The van der Waals surface area contributed by atoms with Gasteiger partial charge in [-0.25, -0.2) is 4.39 Å². The number of halogens is 3. The SMILES string of the molecule is O=C1CC(CO)CN1c1cc(Cl)c(F)c(Cl)c1. The van der Waals surface area contributed by atoms with Crippen molar-refractivity contribution < 1.29 is 14.3 Å². The van der Waals surface area contributed by atoms with Crippen LogP contribution in [0.5, 0.6) is 0 Å². The summed E-state index contributed by atoms with van der Waals surface area (Å²) in [6.07, 6.45) is 0.281. The Morgan fingerprint density at radius 3 is 2.47 bits per heavy atom. The van der Waals surface area contributed by atoms with Gasteiger partial charge in [0.05, 0.1) is 10.0 Å². The van der Waals surface area contributed by atoms with Crippen molar-refractivity contribution in [3.63, 3.8) is 0 Å². The zero-order chi connectivity index (χ0) is 12.6. The highest BCUT2D eigenvalue weighted by Crippen LogP contribution is 2.32.